The number of nitrogens with zero attached hydrogens (tertiary/aromatic N) is 1. The van der Waals surface area contributed by atoms with Crippen LogP contribution < -0.4 is 0 Å². The van der Waals surface area contributed by atoms with Crippen LogP contribution in [0.2, 0.25) is 0 Å². The standard InChI is InChI=1S/C9H15NO5/c1-10(4-5-11)8(12)6-2-3-7(15-6)9(13)14/h6-7,11H,2-5H2,1H3,(H,13,14)/t6-,7+/m0/s1. The second-order valence-electron chi connectivity index (χ2n) is 3.51. The Bertz CT molecular complexity index is 255. The number of amides is 1. The molecule has 1 fully saturated rings. The molecule has 0 radical (unpaired) electrons. The van der Waals surface area contributed by atoms with E-state index in [4.69, 9.17) is 14.9 Å². The average molecular weight is 217 g/mol. The van der Waals surface area contributed by atoms with Gasteiger partial charge in [-0.2, -0.15) is 0 Å². The number of carboxylic acid groups (broad SMARTS) is 1. The van der Waals surface area contributed by atoms with Gasteiger partial charge in [0.1, 0.15) is 6.10 Å². The molecule has 6 nitrogen and oxygen atoms in total. The Morgan fingerprint density at radius 3 is 2.47 bits per heavy atom. The Morgan fingerprint density at radius 1 is 1.40 bits per heavy atom. The van der Waals surface area contributed by atoms with Crippen LogP contribution in [0.25, 0.3) is 0 Å². The van der Waals surface area contributed by atoms with E-state index in [1.54, 1.807) is 7.05 Å². The van der Waals surface area contributed by atoms with Crippen LogP contribution in [-0.4, -0.2) is 59.4 Å². The molecule has 0 bridgehead atoms. The molecule has 6 heteroatoms. The third kappa shape index (κ3) is 2.90. The minimum absolute atomic E-state index is 0.114. The fraction of sp³-hybridized carbons (Fsp3) is 0.778. The number of carbonyl (C=O) groups is 2. The molecule has 1 aliphatic heterocycles. The van der Waals surface area contributed by atoms with E-state index in [1.807, 2.05) is 0 Å². The van der Waals surface area contributed by atoms with Gasteiger partial charge < -0.3 is 19.8 Å². The third-order valence-electron chi connectivity index (χ3n) is 2.38. The third-order valence-corrected chi connectivity index (χ3v) is 2.38. The predicted octanol–water partition coefficient (Wildman–Crippen LogP) is -0.931. The first-order chi connectivity index (χ1) is 7.06. The van der Waals surface area contributed by atoms with Crippen LogP contribution in [0.1, 0.15) is 12.8 Å². The minimum atomic E-state index is -1.03. The van der Waals surface area contributed by atoms with Crippen LogP contribution in [0.15, 0.2) is 0 Å². The molecule has 1 amide bonds. The first-order valence-electron chi connectivity index (χ1n) is 4.80. The van der Waals surface area contributed by atoms with Crippen molar-refractivity contribution >= 4 is 11.9 Å². The molecule has 86 valence electrons. The molecule has 0 aliphatic carbocycles. The van der Waals surface area contributed by atoms with Gasteiger partial charge in [-0.05, 0) is 12.8 Å². The van der Waals surface area contributed by atoms with Crippen LogP contribution in [0, 0.1) is 0 Å². The van der Waals surface area contributed by atoms with Crippen molar-refractivity contribution in [1.29, 1.82) is 0 Å². The number of hydrogen-bond donors (Lipinski definition) is 2. The van der Waals surface area contributed by atoms with Crippen LogP contribution in [0.4, 0.5) is 0 Å². The molecule has 1 rings (SSSR count). The monoisotopic (exact) mass is 217 g/mol. The summed E-state index contributed by atoms with van der Waals surface area (Å²) in [6, 6.07) is 0. The van der Waals surface area contributed by atoms with Crippen molar-refractivity contribution in [2.75, 3.05) is 20.2 Å². The predicted molar refractivity (Wildman–Crippen MR) is 50.3 cm³/mol. The van der Waals surface area contributed by atoms with Gasteiger partial charge in [0.25, 0.3) is 5.91 Å². The van der Waals surface area contributed by atoms with Gasteiger partial charge in [-0.25, -0.2) is 4.79 Å². The number of aliphatic hydroxyl groups excluding tert-OH is 1. The van der Waals surface area contributed by atoms with Gasteiger partial charge in [0.15, 0.2) is 6.10 Å². The molecule has 0 unspecified atom stereocenters. The Hall–Kier alpha value is -1.14. The minimum Gasteiger partial charge on any atom is -0.479 e. The number of aliphatic hydroxyl groups is 1. The first-order valence-corrected chi connectivity index (χ1v) is 4.80. The first kappa shape index (κ1) is 11.9. The highest BCUT2D eigenvalue weighted by Crippen LogP contribution is 2.21. The summed E-state index contributed by atoms with van der Waals surface area (Å²) in [5.41, 5.74) is 0. The zero-order chi connectivity index (χ0) is 11.4. The number of rotatable bonds is 4. The maximum absolute atomic E-state index is 11.6. The summed E-state index contributed by atoms with van der Waals surface area (Å²) in [7, 11) is 1.55. The Morgan fingerprint density at radius 2 is 2.00 bits per heavy atom. The molecule has 0 spiro atoms. The van der Waals surface area contributed by atoms with E-state index in [0.29, 0.717) is 12.8 Å². The molecule has 0 aromatic heterocycles. The highest BCUT2D eigenvalue weighted by atomic mass is 16.5. The lowest BCUT2D eigenvalue weighted by atomic mass is 10.2. The molecule has 2 atom stereocenters. The number of carbonyl (C=O) groups excluding carboxylic acids is 1. The van der Waals surface area contributed by atoms with Crippen molar-refractivity contribution in [2.24, 2.45) is 0 Å². The number of carboxylic acids is 1. The lowest BCUT2D eigenvalue weighted by molar-refractivity contribution is -0.154. The maximum Gasteiger partial charge on any atom is 0.332 e. The van der Waals surface area contributed by atoms with Crippen LogP contribution >= 0.6 is 0 Å². The van der Waals surface area contributed by atoms with E-state index in [2.05, 4.69) is 0 Å². The average Bonchev–Trinajstić information content (AvgIpc) is 2.65. The molecule has 0 aromatic rings. The number of aliphatic carboxylic acids is 1. The Labute approximate surface area is 87.4 Å². The lowest BCUT2D eigenvalue weighted by Crippen LogP contribution is -2.38. The highest BCUT2D eigenvalue weighted by molar-refractivity contribution is 5.82. The molecule has 1 aliphatic rings. The van der Waals surface area contributed by atoms with Crippen molar-refractivity contribution in [3.63, 3.8) is 0 Å². The summed E-state index contributed by atoms with van der Waals surface area (Å²) >= 11 is 0. The highest BCUT2D eigenvalue weighted by Gasteiger charge is 2.35. The second kappa shape index (κ2) is 5.09. The summed E-state index contributed by atoms with van der Waals surface area (Å²) in [6.07, 6.45) is -0.770. The topological polar surface area (TPSA) is 87.1 Å². The summed E-state index contributed by atoms with van der Waals surface area (Å²) in [6.45, 7) is 0.119. The van der Waals surface area contributed by atoms with Crippen LogP contribution in [0.5, 0.6) is 0 Å². The molecule has 0 saturated carbocycles. The van der Waals surface area contributed by atoms with Crippen LogP contribution in [0.3, 0.4) is 0 Å². The molecule has 15 heavy (non-hydrogen) atoms. The largest absolute Gasteiger partial charge is 0.479 e. The van der Waals surface area contributed by atoms with Crippen molar-refractivity contribution in [3.05, 3.63) is 0 Å². The van der Waals surface area contributed by atoms with E-state index in [9.17, 15) is 9.59 Å². The number of hydrogen-bond acceptors (Lipinski definition) is 4. The quantitative estimate of drug-likeness (QED) is 0.635. The van der Waals surface area contributed by atoms with E-state index in [-0.39, 0.29) is 19.1 Å². The maximum atomic E-state index is 11.6. The fourth-order valence-corrected chi connectivity index (χ4v) is 1.51. The lowest BCUT2D eigenvalue weighted by Gasteiger charge is -2.19. The van der Waals surface area contributed by atoms with Gasteiger partial charge in [0.2, 0.25) is 0 Å². The van der Waals surface area contributed by atoms with Gasteiger partial charge in [0, 0.05) is 13.6 Å². The van der Waals surface area contributed by atoms with Crippen LogP contribution in [-0.2, 0) is 14.3 Å². The normalized spacial score (nSPS) is 25.2. The molecule has 1 heterocycles. The van der Waals surface area contributed by atoms with Gasteiger partial charge >= 0.3 is 5.97 Å². The summed E-state index contributed by atoms with van der Waals surface area (Å²) in [5, 5.41) is 17.3. The van der Waals surface area contributed by atoms with E-state index >= 15 is 0 Å². The molecular formula is C9H15NO5. The second-order valence-corrected chi connectivity index (χ2v) is 3.51. The SMILES string of the molecule is CN(CCO)C(=O)[C@@H]1CC[C@H](C(=O)O)O1. The van der Waals surface area contributed by atoms with Crippen molar-refractivity contribution < 1.29 is 24.5 Å². The zero-order valence-corrected chi connectivity index (χ0v) is 8.55. The van der Waals surface area contributed by atoms with Gasteiger partial charge in [-0.3, -0.25) is 4.79 Å². The Kier molecular flexibility index (Phi) is 4.05. The van der Waals surface area contributed by atoms with Crippen molar-refractivity contribution in [3.8, 4) is 0 Å². The smallest absolute Gasteiger partial charge is 0.332 e. The fourth-order valence-electron chi connectivity index (χ4n) is 1.51. The van der Waals surface area contributed by atoms with E-state index in [0.717, 1.165) is 0 Å². The van der Waals surface area contributed by atoms with E-state index in [1.165, 1.54) is 4.90 Å². The number of ether oxygens (including phenoxy) is 1. The molecule has 1 saturated heterocycles. The summed E-state index contributed by atoms with van der Waals surface area (Å²) in [4.78, 5) is 23.5. The molecular weight excluding hydrogens is 202 g/mol. The van der Waals surface area contributed by atoms with E-state index < -0.39 is 18.2 Å². The summed E-state index contributed by atoms with van der Waals surface area (Å²) < 4.78 is 5.08. The van der Waals surface area contributed by atoms with Gasteiger partial charge in [-0.15, -0.1) is 0 Å². The van der Waals surface area contributed by atoms with Gasteiger partial charge in [-0.1, -0.05) is 0 Å². The summed E-state index contributed by atoms with van der Waals surface area (Å²) in [5.74, 6) is -1.30. The number of likely N-dealkylation sites (N-methyl/N-ethyl adjacent to an activating group) is 1. The molecule has 0 aromatic carbocycles. The molecule has 2 N–H and O–H groups in total. The van der Waals surface area contributed by atoms with Crippen molar-refractivity contribution in [2.45, 2.75) is 25.0 Å². The van der Waals surface area contributed by atoms with Crippen molar-refractivity contribution in [1.82, 2.24) is 4.90 Å². The zero-order valence-electron chi connectivity index (χ0n) is 8.55. The Balaban J connectivity index is 2.46. The van der Waals surface area contributed by atoms with Gasteiger partial charge in [0.05, 0.1) is 6.61 Å².